The van der Waals surface area contributed by atoms with E-state index < -0.39 is 5.54 Å². The van der Waals surface area contributed by atoms with Gasteiger partial charge in [0.05, 0.1) is 19.9 Å². The molecule has 0 aliphatic carbocycles. The molecule has 3 heterocycles. The first-order chi connectivity index (χ1) is 11.1. The number of methoxy groups -OCH3 is 2. The summed E-state index contributed by atoms with van der Waals surface area (Å²) in [5, 5.41) is 1.04. The van der Waals surface area contributed by atoms with Crippen LogP contribution in [0.1, 0.15) is 24.1 Å². The van der Waals surface area contributed by atoms with Gasteiger partial charge in [-0.2, -0.15) is 0 Å². The Morgan fingerprint density at radius 2 is 2.13 bits per heavy atom. The van der Waals surface area contributed by atoms with E-state index in [1.807, 2.05) is 18.2 Å². The van der Waals surface area contributed by atoms with Gasteiger partial charge in [-0.05, 0) is 36.6 Å². The number of benzene rings is 1. The number of aromatic nitrogens is 1. The van der Waals surface area contributed by atoms with Crippen molar-refractivity contribution in [2.24, 2.45) is 0 Å². The molecule has 1 unspecified atom stereocenters. The van der Waals surface area contributed by atoms with Crippen molar-refractivity contribution in [2.45, 2.75) is 24.8 Å². The molecule has 1 amide bonds. The molecular weight excluding hydrogens is 296 g/mol. The topological polar surface area (TPSA) is 71.6 Å². The molecule has 0 spiro atoms. The Balaban J connectivity index is 1.99. The lowest BCUT2D eigenvalue weighted by Gasteiger charge is -2.39. The van der Waals surface area contributed by atoms with Gasteiger partial charge in [-0.3, -0.25) is 4.79 Å². The van der Waals surface area contributed by atoms with Crippen LogP contribution in [0.5, 0.6) is 5.75 Å². The maximum atomic E-state index is 12.6. The number of aromatic amines is 1. The molecule has 2 aliphatic rings. The van der Waals surface area contributed by atoms with Crippen LogP contribution in [0.3, 0.4) is 0 Å². The van der Waals surface area contributed by atoms with Crippen LogP contribution < -0.4 is 4.74 Å². The van der Waals surface area contributed by atoms with Crippen molar-refractivity contribution >= 4 is 22.8 Å². The summed E-state index contributed by atoms with van der Waals surface area (Å²) in [5.41, 5.74) is 1.81. The zero-order chi connectivity index (χ0) is 16.2. The third kappa shape index (κ3) is 1.69. The molecule has 6 nitrogen and oxygen atoms in total. The lowest BCUT2D eigenvalue weighted by Crippen LogP contribution is -2.53. The molecule has 23 heavy (non-hydrogen) atoms. The summed E-state index contributed by atoms with van der Waals surface area (Å²) in [6.07, 6.45) is 1.54. The summed E-state index contributed by atoms with van der Waals surface area (Å²) < 4.78 is 10.4. The van der Waals surface area contributed by atoms with Crippen molar-refractivity contribution in [2.75, 3.05) is 20.8 Å². The molecular formula is C17H18N2O4. The van der Waals surface area contributed by atoms with Gasteiger partial charge in [-0.1, -0.05) is 0 Å². The fraction of sp³-hybridized carbons (Fsp3) is 0.412. The number of esters is 1. The predicted octanol–water partition coefficient (Wildman–Crippen LogP) is 1.72. The summed E-state index contributed by atoms with van der Waals surface area (Å²) in [6.45, 7) is 0.533. The van der Waals surface area contributed by atoms with Gasteiger partial charge in [0.15, 0.2) is 5.54 Å². The number of carbonyl (C=O) groups excluding carboxylic acids is 2. The van der Waals surface area contributed by atoms with Gasteiger partial charge in [0.2, 0.25) is 5.91 Å². The summed E-state index contributed by atoms with van der Waals surface area (Å²) >= 11 is 0. The predicted molar refractivity (Wildman–Crippen MR) is 83.2 cm³/mol. The first kappa shape index (κ1) is 14.1. The van der Waals surface area contributed by atoms with E-state index in [-0.39, 0.29) is 11.9 Å². The highest BCUT2D eigenvalue weighted by atomic mass is 16.5. The number of ether oxygens (including phenoxy) is 2. The molecule has 1 atom stereocenters. The molecule has 2 aromatic rings. The minimum absolute atomic E-state index is 0.0114. The Morgan fingerprint density at radius 3 is 2.87 bits per heavy atom. The molecule has 6 heteroatoms. The Kier molecular flexibility index (Phi) is 2.91. The van der Waals surface area contributed by atoms with Crippen LogP contribution in [0.2, 0.25) is 0 Å². The van der Waals surface area contributed by atoms with Gasteiger partial charge >= 0.3 is 5.97 Å². The van der Waals surface area contributed by atoms with Crippen LogP contribution in [0.4, 0.5) is 0 Å². The monoisotopic (exact) mass is 314 g/mol. The van der Waals surface area contributed by atoms with Crippen molar-refractivity contribution in [1.29, 1.82) is 0 Å². The van der Waals surface area contributed by atoms with E-state index in [2.05, 4.69) is 4.98 Å². The molecule has 0 bridgehead atoms. The maximum Gasteiger partial charge on any atom is 0.338 e. The van der Waals surface area contributed by atoms with E-state index in [9.17, 15) is 9.59 Å². The van der Waals surface area contributed by atoms with E-state index in [1.165, 1.54) is 7.11 Å². The third-order valence-electron chi connectivity index (χ3n) is 5.10. The minimum atomic E-state index is -1.01. The van der Waals surface area contributed by atoms with Crippen molar-refractivity contribution in [3.63, 3.8) is 0 Å². The van der Waals surface area contributed by atoms with Crippen LogP contribution in [-0.4, -0.2) is 42.5 Å². The molecule has 0 saturated carbocycles. The average Bonchev–Trinajstić information content (AvgIpc) is 3.12. The van der Waals surface area contributed by atoms with Crippen LogP contribution in [-0.2, 0) is 26.3 Å². The highest BCUT2D eigenvalue weighted by Gasteiger charge is 2.57. The summed E-state index contributed by atoms with van der Waals surface area (Å²) in [6, 6.07) is 5.80. The van der Waals surface area contributed by atoms with Gasteiger partial charge in [-0.25, -0.2) is 4.79 Å². The number of nitrogens with one attached hydrogen (secondary N) is 1. The van der Waals surface area contributed by atoms with Gasteiger partial charge in [0, 0.05) is 23.9 Å². The molecule has 1 saturated heterocycles. The number of fused-ring (bicyclic) bond motifs is 5. The van der Waals surface area contributed by atoms with E-state index >= 15 is 0 Å². The SMILES string of the molecule is COC(=O)C12CCC(=O)N1CCc1c2[nH]c2ccc(OC)cc12. The number of carbonyl (C=O) groups is 2. The zero-order valence-corrected chi connectivity index (χ0v) is 13.1. The Labute approximate surface area is 133 Å². The molecule has 1 N–H and O–H groups in total. The smallest absolute Gasteiger partial charge is 0.338 e. The number of rotatable bonds is 2. The molecule has 120 valence electrons. The largest absolute Gasteiger partial charge is 0.497 e. The minimum Gasteiger partial charge on any atom is -0.497 e. The van der Waals surface area contributed by atoms with Crippen molar-refractivity contribution in [3.05, 3.63) is 29.5 Å². The number of nitrogens with zero attached hydrogens (tertiary/aromatic N) is 1. The summed E-state index contributed by atoms with van der Waals surface area (Å²) in [5.74, 6) is 0.413. The highest BCUT2D eigenvalue weighted by molar-refractivity contribution is 5.96. The van der Waals surface area contributed by atoms with Gasteiger partial charge in [-0.15, -0.1) is 0 Å². The molecule has 1 aromatic heterocycles. The standard InChI is InChI=1S/C17H18N2O4/c1-22-10-3-4-13-12(9-10)11-6-8-19-14(20)5-7-17(19,15(11)18-13)16(21)23-2/h3-4,9,18H,5-8H2,1-2H3. The zero-order valence-electron chi connectivity index (χ0n) is 13.1. The Hall–Kier alpha value is -2.50. The lowest BCUT2D eigenvalue weighted by atomic mass is 9.84. The second-order valence-electron chi connectivity index (χ2n) is 6.04. The van der Waals surface area contributed by atoms with Crippen molar-refractivity contribution < 1.29 is 19.1 Å². The quantitative estimate of drug-likeness (QED) is 0.857. The van der Waals surface area contributed by atoms with Gasteiger partial charge in [0.25, 0.3) is 0 Å². The highest BCUT2D eigenvalue weighted by Crippen LogP contribution is 2.46. The van der Waals surface area contributed by atoms with Crippen LogP contribution >= 0.6 is 0 Å². The molecule has 4 rings (SSSR count). The molecule has 1 aromatic carbocycles. The fourth-order valence-corrected chi connectivity index (χ4v) is 4.02. The van der Waals surface area contributed by atoms with Crippen molar-refractivity contribution in [3.8, 4) is 5.75 Å². The third-order valence-corrected chi connectivity index (χ3v) is 5.10. The van der Waals surface area contributed by atoms with E-state index in [4.69, 9.17) is 9.47 Å². The summed E-state index contributed by atoms with van der Waals surface area (Å²) in [4.78, 5) is 29.9. The van der Waals surface area contributed by atoms with E-state index in [0.717, 1.165) is 27.9 Å². The number of hydrogen-bond acceptors (Lipinski definition) is 4. The molecule has 1 fully saturated rings. The van der Waals surface area contributed by atoms with Crippen LogP contribution in [0, 0.1) is 0 Å². The van der Waals surface area contributed by atoms with Gasteiger partial charge < -0.3 is 19.4 Å². The first-order valence-electron chi connectivity index (χ1n) is 7.70. The number of amides is 1. The van der Waals surface area contributed by atoms with E-state index in [0.29, 0.717) is 25.8 Å². The summed E-state index contributed by atoms with van der Waals surface area (Å²) in [7, 11) is 3.01. The Morgan fingerprint density at radius 1 is 1.30 bits per heavy atom. The van der Waals surface area contributed by atoms with Crippen LogP contribution in [0.15, 0.2) is 18.2 Å². The number of hydrogen-bond donors (Lipinski definition) is 1. The second kappa shape index (κ2) is 4.75. The normalized spacial score (nSPS) is 22.9. The van der Waals surface area contributed by atoms with E-state index in [1.54, 1.807) is 12.0 Å². The van der Waals surface area contributed by atoms with Crippen molar-refractivity contribution in [1.82, 2.24) is 9.88 Å². The lowest BCUT2D eigenvalue weighted by molar-refractivity contribution is -0.159. The maximum absolute atomic E-state index is 12.6. The fourth-order valence-electron chi connectivity index (χ4n) is 4.02. The molecule has 0 radical (unpaired) electrons. The van der Waals surface area contributed by atoms with Gasteiger partial charge in [0.1, 0.15) is 5.75 Å². The molecule has 2 aliphatic heterocycles. The first-order valence-corrected chi connectivity index (χ1v) is 7.70. The second-order valence-corrected chi connectivity index (χ2v) is 6.04. The van der Waals surface area contributed by atoms with Crippen LogP contribution in [0.25, 0.3) is 10.9 Å². The average molecular weight is 314 g/mol. The Bertz CT molecular complexity index is 825. The number of H-pyrrole nitrogens is 1.